The lowest BCUT2D eigenvalue weighted by Crippen LogP contribution is -2.55. The van der Waals surface area contributed by atoms with Gasteiger partial charge in [0.2, 0.25) is 0 Å². The molecule has 1 rings (SSSR count). The molecule has 0 bridgehead atoms. The molecule has 0 aromatic rings. The Morgan fingerprint density at radius 2 is 2.09 bits per heavy atom. The van der Waals surface area contributed by atoms with E-state index < -0.39 is 19.1 Å². The third-order valence-corrected chi connectivity index (χ3v) is 2.33. The monoisotopic (exact) mass is 175 g/mol. The Labute approximate surface area is 76.0 Å². The first-order valence-electron chi connectivity index (χ1n) is 4.77. The molecule has 0 aliphatic carbocycles. The van der Waals surface area contributed by atoms with Crippen molar-refractivity contribution < 1.29 is 7.85 Å². The van der Waals surface area contributed by atoms with Crippen LogP contribution < -0.4 is 0 Å². The molecule has 3 heteroatoms. The topological polar surface area (TPSA) is 23.5 Å². The minimum atomic E-state index is -0.889. The van der Waals surface area contributed by atoms with Gasteiger partial charge in [-0.2, -0.15) is 0 Å². The summed E-state index contributed by atoms with van der Waals surface area (Å²) in [6.07, 6.45) is -0.889. The van der Waals surface area contributed by atoms with Crippen molar-refractivity contribution in [3.8, 4) is 0 Å². The van der Waals surface area contributed by atoms with Crippen LogP contribution in [0.4, 0.5) is 0 Å². The summed E-state index contributed by atoms with van der Waals surface area (Å²) in [4.78, 5) is 2.05. The molecule has 2 atom stereocenters. The average Bonchev–Trinajstić information content (AvgIpc) is 2.02. The second-order valence-electron chi connectivity index (χ2n) is 3.75. The average molecular weight is 175 g/mol. The van der Waals surface area contributed by atoms with Crippen LogP contribution in [0.15, 0.2) is 0 Å². The number of aliphatic hydroxyl groups is 1. The molecule has 1 aliphatic heterocycles. The molecule has 0 aromatic carbocycles. The summed E-state index contributed by atoms with van der Waals surface area (Å²) in [5.41, 5.74) is -0.214. The van der Waals surface area contributed by atoms with Gasteiger partial charge < -0.3 is 10.0 Å². The molecule has 0 radical (unpaired) electrons. The first-order chi connectivity index (χ1) is 5.76. The van der Waals surface area contributed by atoms with Gasteiger partial charge in [0.25, 0.3) is 0 Å². The minimum Gasteiger partial charge on any atom is -0.389 e. The molecule has 1 heterocycles. The van der Waals surface area contributed by atoms with E-state index in [4.69, 9.17) is 15.0 Å². The summed E-state index contributed by atoms with van der Waals surface area (Å²) in [6, 6.07) is 0. The molecule has 0 saturated carbocycles. The third kappa shape index (κ3) is 1.91. The fourth-order valence-corrected chi connectivity index (χ4v) is 0.960. The highest BCUT2D eigenvalue weighted by atomic mass is 32.1. The van der Waals surface area contributed by atoms with Crippen molar-refractivity contribution in [1.29, 1.82) is 0 Å². The van der Waals surface area contributed by atoms with E-state index in [1.807, 2.05) is 20.8 Å². The number of nitrogens with zero attached hydrogens (tertiary/aromatic N) is 1. The molecule has 2 nitrogen and oxygen atoms in total. The van der Waals surface area contributed by atoms with Crippen molar-refractivity contribution in [2.24, 2.45) is 5.41 Å². The molecular weight excluding hydrogens is 158 g/mol. The predicted octanol–water partition coefficient (Wildman–Crippen LogP) is 1.04. The van der Waals surface area contributed by atoms with Crippen LogP contribution >= 0.6 is 12.2 Å². The van der Waals surface area contributed by atoms with Crippen molar-refractivity contribution >= 4 is 17.2 Å². The van der Waals surface area contributed by atoms with Gasteiger partial charge >= 0.3 is 0 Å². The van der Waals surface area contributed by atoms with Crippen LogP contribution in [0.25, 0.3) is 0 Å². The Bertz CT molecular complexity index is 219. The number of hydrogen-bond acceptors (Lipinski definition) is 2. The van der Waals surface area contributed by atoms with Gasteiger partial charge in [0.1, 0.15) is 0 Å². The maximum atomic E-state index is 9.19. The molecule has 11 heavy (non-hydrogen) atoms. The van der Waals surface area contributed by atoms with E-state index in [9.17, 15) is 5.11 Å². The third-order valence-electron chi connectivity index (χ3n) is 1.50. The van der Waals surface area contributed by atoms with Crippen LogP contribution in [0, 0.1) is 5.41 Å². The number of β-amino-alcohol motifs (C(OH)–C–C–N with tert-alkyl or cyclic N) is 1. The Balaban J connectivity index is 2.70. The molecule has 1 N–H and O–H groups in total. The van der Waals surface area contributed by atoms with Gasteiger partial charge in [0.05, 0.1) is 13.8 Å². The Morgan fingerprint density at radius 3 is 2.45 bits per heavy atom. The van der Waals surface area contributed by atoms with Crippen LogP contribution in [0.5, 0.6) is 0 Å². The predicted molar refractivity (Wildman–Crippen MR) is 49.6 cm³/mol. The van der Waals surface area contributed by atoms with Gasteiger partial charge in [0.15, 0.2) is 0 Å². The lowest BCUT2D eigenvalue weighted by atomic mass is 9.94. The zero-order chi connectivity index (χ0) is 10.4. The highest BCUT2D eigenvalue weighted by Gasteiger charge is 2.31. The smallest absolute Gasteiger partial charge is 0.0889 e. The number of rotatable bonds is 0. The van der Waals surface area contributed by atoms with Gasteiger partial charge in [-0.1, -0.05) is 33.0 Å². The zero-order valence-electron chi connectivity index (χ0n) is 9.03. The molecule has 0 amide bonds. The van der Waals surface area contributed by atoms with E-state index >= 15 is 0 Å². The van der Waals surface area contributed by atoms with E-state index in [0.717, 1.165) is 0 Å². The van der Waals surface area contributed by atoms with E-state index in [-0.39, 0.29) is 5.41 Å². The normalized spacial score (nSPS) is 35.8. The molecular formula is C8H15NOS. The van der Waals surface area contributed by atoms with Crippen molar-refractivity contribution in [3.05, 3.63) is 0 Å². The van der Waals surface area contributed by atoms with Gasteiger partial charge in [-0.05, 0) is 0 Å². The largest absolute Gasteiger partial charge is 0.389 e. The summed E-state index contributed by atoms with van der Waals surface area (Å²) >= 11 is 5.15. The fraction of sp³-hybridized carbons (Fsp3) is 0.875. The van der Waals surface area contributed by atoms with Crippen molar-refractivity contribution in [3.63, 3.8) is 0 Å². The molecule has 64 valence electrons. The molecule has 1 saturated heterocycles. The summed E-state index contributed by atoms with van der Waals surface area (Å²) in [6.45, 7) is 4.32. The van der Waals surface area contributed by atoms with Crippen molar-refractivity contribution in [2.45, 2.75) is 26.9 Å². The standard InChI is InChI=1S/C8H15NOS/c1-8(2,3)7(11)9-4-6(10)5-9/h6,10H,4-5H2,1-3H3/i4D,5D/t4-,5-/m1/s1. The first-order valence-corrected chi connectivity index (χ1v) is 4.03. The number of aliphatic hydroxyl groups excluding tert-OH is 1. The zero-order valence-corrected chi connectivity index (χ0v) is 7.85. The Kier molecular flexibility index (Phi) is 1.57. The maximum absolute atomic E-state index is 9.19. The maximum Gasteiger partial charge on any atom is 0.0889 e. The first kappa shape index (κ1) is 6.38. The number of likely N-dealkylation sites (tertiary alicyclic amines) is 1. The van der Waals surface area contributed by atoms with E-state index in [1.165, 1.54) is 4.90 Å². The lowest BCUT2D eigenvalue weighted by Gasteiger charge is -2.42. The summed E-state index contributed by atoms with van der Waals surface area (Å²) < 4.78 is 15.0. The van der Waals surface area contributed by atoms with Crippen LogP contribution in [-0.2, 0) is 0 Å². The highest BCUT2D eigenvalue weighted by Crippen LogP contribution is 2.22. The summed E-state index contributed by atoms with van der Waals surface area (Å²) in [7, 11) is 0. The van der Waals surface area contributed by atoms with Gasteiger partial charge in [-0.3, -0.25) is 0 Å². The quantitative estimate of drug-likeness (QED) is 0.556. The van der Waals surface area contributed by atoms with Gasteiger partial charge in [0, 0.05) is 18.5 Å². The van der Waals surface area contributed by atoms with E-state index in [2.05, 4.69) is 0 Å². The van der Waals surface area contributed by atoms with Crippen LogP contribution in [-0.4, -0.2) is 34.1 Å². The summed E-state index contributed by atoms with van der Waals surface area (Å²) in [5.74, 6) is 0. The lowest BCUT2D eigenvalue weighted by molar-refractivity contribution is 0.0435. The molecule has 0 spiro atoms. The molecule has 1 aliphatic rings. The number of thiocarbonyl (C=S) groups is 1. The number of hydrogen-bond donors (Lipinski definition) is 1. The second-order valence-corrected chi connectivity index (χ2v) is 4.14. The van der Waals surface area contributed by atoms with Crippen LogP contribution in [0.1, 0.15) is 23.5 Å². The summed E-state index contributed by atoms with van der Waals surface area (Å²) in [5, 5.41) is 9.19. The van der Waals surface area contributed by atoms with Crippen molar-refractivity contribution in [1.82, 2.24) is 4.90 Å². The fourth-order valence-electron chi connectivity index (χ4n) is 0.838. The minimum absolute atomic E-state index is 0.214. The van der Waals surface area contributed by atoms with E-state index in [1.54, 1.807) is 0 Å². The van der Waals surface area contributed by atoms with Gasteiger partial charge in [-0.15, -0.1) is 0 Å². The molecule has 0 aromatic heterocycles. The van der Waals surface area contributed by atoms with Crippen LogP contribution in [0.2, 0.25) is 0 Å². The van der Waals surface area contributed by atoms with Crippen LogP contribution in [0.3, 0.4) is 0 Å². The van der Waals surface area contributed by atoms with E-state index in [0.29, 0.717) is 4.99 Å². The highest BCUT2D eigenvalue weighted by molar-refractivity contribution is 7.80. The Hall–Kier alpha value is -0.150. The molecule has 0 unspecified atom stereocenters. The van der Waals surface area contributed by atoms with Gasteiger partial charge in [-0.25, -0.2) is 0 Å². The molecule has 1 fully saturated rings. The SMILES string of the molecule is [2H][C@@H]1C(O)[C@@H]([2H])N1C(=S)C(C)(C)C. The second kappa shape index (κ2) is 2.72. The van der Waals surface area contributed by atoms with Crippen molar-refractivity contribution in [2.75, 3.05) is 13.0 Å². The Morgan fingerprint density at radius 1 is 1.64 bits per heavy atom.